The van der Waals surface area contributed by atoms with Crippen molar-refractivity contribution < 1.29 is 18.0 Å². The number of hydrogen-bond donors (Lipinski definition) is 0. The average molecular weight is 385 g/mol. The molecule has 2 aromatic rings. The van der Waals surface area contributed by atoms with E-state index in [1.54, 1.807) is 24.3 Å². The largest absolute Gasteiger partial charge is 0.449 e. The van der Waals surface area contributed by atoms with Crippen molar-refractivity contribution in [2.45, 2.75) is 31.4 Å². The van der Waals surface area contributed by atoms with Crippen molar-refractivity contribution in [1.82, 2.24) is 0 Å². The van der Waals surface area contributed by atoms with E-state index in [9.17, 15) is 18.0 Å². The molecule has 0 saturated heterocycles. The quantitative estimate of drug-likeness (QED) is 0.625. The molecule has 5 heteroatoms. The Morgan fingerprint density at radius 3 is 2.17 bits per heavy atom. The number of ketones is 1. The van der Waals surface area contributed by atoms with E-state index >= 15 is 0 Å². The van der Waals surface area contributed by atoms with Crippen LogP contribution in [0.1, 0.15) is 29.9 Å². The minimum atomic E-state index is -4.78. The summed E-state index contributed by atoms with van der Waals surface area (Å²) < 4.78 is 38.6. The zero-order valence-electron chi connectivity index (χ0n) is 12.3. The number of alkyl halides is 3. The fourth-order valence-electron chi connectivity index (χ4n) is 2.45. The van der Waals surface area contributed by atoms with Gasteiger partial charge < -0.3 is 0 Å². The fourth-order valence-corrected chi connectivity index (χ4v) is 2.71. The first kappa shape index (κ1) is 17.7. The SMILES string of the molecule is O=C(C[C@@H](CCc1ccccc1)c1ccc(Br)cc1)C(F)(F)F. The van der Waals surface area contributed by atoms with E-state index in [0.717, 1.165) is 15.6 Å². The Kier molecular flexibility index (Phi) is 5.99. The maximum Gasteiger partial charge on any atom is 0.449 e. The van der Waals surface area contributed by atoms with Gasteiger partial charge in [0.1, 0.15) is 0 Å². The zero-order chi connectivity index (χ0) is 16.9. The van der Waals surface area contributed by atoms with Crippen molar-refractivity contribution in [2.24, 2.45) is 0 Å². The maximum absolute atomic E-state index is 12.6. The number of rotatable bonds is 6. The highest BCUT2D eigenvalue weighted by Crippen LogP contribution is 2.30. The van der Waals surface area contributed by atoms with E-state index in [1.165, 1.54) is 0 Å². The predicted molar refractivity (Wildman–Crippen MR) is 87.3 cm³/mol. The summed E-state index contributed by atoms with van der Waals surface area (Å²) in [4.78, 5) is 11.4. The molecule has 2 aromatic carbocycles. The van der Waals surface area contributed by atoms with E-state index < -0.39 is 24.3 Å². The highest BCUT2D eigenvalue weighted by molar-refractivity contribution is 9.10. The van der Waals surface area contributed by atoms with Crippen molar-refractivity contribution in [3.05, 3.63) is 70.2 Å². The van der Waals surface area contributed by atoms with Crippen LogP contribution in [0, 0.1) is 0 Å². The van der Waals surface area contributed by atoms with Gasteiger partial charge in [0.15, 0.2) is 0 Å². The van der Waals surface area contributed by atoms with Gasteiger partial charge in [-0.15, -0.1) is 0 Å². The predicted octanol–water partition coefficient (Wildman–Crippen LogP) is 5.69. The topological polar surface area (TPSA) is 17.1 Å². The first-order valence-electron chi connectivity index (χ1n) is 7.25. The first-order chi connectivity index (χ1) is 10.9. The van der Waals surface area contributed by atoms with Crippen molar-refractivity contribution >= 4 is 21.7 Å². The first-order valence-corrected chi connectivity index (χ1v) is 8.05. The van der Waals surface area contributed by atoms with Crippen LogP contribution in [0.3, 0.4) is 0 Å². The van der Waals surface area contributed by atoms with E-state index in [2.05, 4.69) is 15.9 Å². The summed E-state index contributed by atoms with van der Waals surface area (Å²) in [7, 11) is 0. The Labute approximate surface area is 141 Å². The Balaban J connectivity index is 2.14. The Morgan fingerprint density at radius 1 is 1.00 bits per heavy atom. The summed E-state index contributed by atoms with van der Waals surface area (Å²) in [6, 6.07) is 16.6. The van der Waals surface area contributed by atoms with Crippen LogP contribution in [0.15, 0.2) is 59.1 Å². The third kappa shape index (κ3) is 5.50. The summed E-state index contributed by atoms with van der Waals surface area (Å²) in [5.74, 6) is -2.11. The normalized spacial score (nSPS) is 12.9. The maximum atomic E-state index is 12.6. The van der Waals surface area contributed by atoms with Gasteiger partial charge in [-0.3, -0.25) is 4.79 Å². The van der Waals surface area contributed by atoms with Crippen LogP contribution < -0.4 is 0 Å². The second-order valence-corrected chi connectivity index (χ2v) is 6.31. The molecule has 0 aromatic heterocycles. The van der Waals surface area contributed by atoms with E-state index in [-0.39, 0.29) is 0 Å². The van der Waals surface area contributed by atoms with E-state index in [1.807, 2.05) is 30.3 Å². The smallest absolute Gasteiger partial charge is 0.290 e. The van der Waals surface area contributed by atoms with Gasteiger partial charge in [-0.25, -0.2) is 0 Å². The summed E-state index contributed by atoms with van der Waals surface area (Å²) in [5.41, 5.74) is 1.80. The van der Waals surface area contributed by atoms with Gasteiger partial charge in [0, 0.05) is 10.9 Å². The molecule has 0 N–H and O–H groups in total. The molecule has 0 aliphatic carbocycles. The summed E-state index contributed by atoms with van der Waals surface area (Å²) in [6.07, 6.45) is -4.17. The number of halogens is 4. The van der Waals surface area contributed by atoms with Gasteiger partial charge >= 0.3 is 6.18 Å². The van der Waals surface area contributed by atoms with Crippen LogP contribution in [0.5, 0.6) is 0 Å². The molecule has 0 saturated carbocycles. The van der Waals surface area contributed by atoms with E-state index in [4.69, 9.17) is 0 Å². The monoisotopic (exact) mass is 384 g/mol. The van der Waals surface area contributed by atoms with Crippen LogP contribution in [0.4, 0.5) is 13.2 Å². The summed E-state index contributed by atoms with van der Waals surface area (Å²) in [5, 5.41) is 0. The number of Topliss-reactive ketones (excluding diaryl/α,β-unsaturated/α-hetero) is 1. The molecular formula is C18H16BrF3O. The number of carbonyl (C=O) groups excluding carboxylic acids is 1. The van der Waals surface area contributed by atoms with Crippen molar-refractivity contribution in [3.8, 4) is 0 Å². The molecule has 0 radical (unpaired) electrons. The Bertz CT molecular complexity index is 636. The average Bonchev–Trinajstić information content (AvgIpc) is 2.52. The van der Waals surface area contributed by atoms with Gasteiger partial charge in [0.05, 0.1) is 0 Å². The highest BCUT2D eigenvalue weighted by Gasteiger charge is 2.39. The second-order valence-electron chi connectivity index (χ2n) is 5.40. The lowest BCUT2D eigenvalue weighted by atomic mass is 9.88. The van der Waals surface area contributed by atoms with Gasteiger partial charge in [-0.2, -0.15) is 13.2 Å². The third-order valence-corrected chi connectivity index (χ3v) is 4.24. The Morgan fingerprint density at radius 2 is 1.61 bits per heavy atom. The number of aryl methyl sites for hydroxylation is 1. The standard InChI is InChI=1S/C18H16BrF3O/c19-16-10-8-14(9-11-16)15(12-17(23)18(20,21)22)7-6-13-4-2-1-3-5-13/h1-5,8-11,15H,6-7,12H2/t15-/m1/s1. The lowest BCUT2D eigenvalue weighted by Crippen LogP contribution is -2.24. The summed E-state index contributed by atoms with van der Waals surface area (Å²) >= 11 is 3.31. The molecule has 2 rings (SSSR count). The molecule has 23 heavy (non-hydrogen) atoms. The van der Waals surface area contributed by atoms with E-state index in [0.29, 0.717) is 12.8 Å². The molecule has 0 amide bonds. The molecule has 0 heterocycles. The zero-order valence-corrected chi connectivity index (χ0v) is 13.9. The van der Waals surface area contributed by atoms with Crippen molar-refractivity contribution in [2.75, 3.05) is 0 Å². The number of benzene rings is 2. The molecule has 0 unspecified atom stereocenters. The molecule has 122 valence electrons. The second kappa shape index (κ2) is 7.77. The lowest BCUT2D eigenvalue weighted by Gasteiger charge is -2.18. The molecule has 1 nitrogen and oxygen atoms in total. The van der Waals surface area contributed by atoms with Crippen LogP contribution in [0.2, 0.25) is 0 Å². The molecule has 0 aliphatic heterocycles. The van der Waals surface area contributed by atoms with Gasteiger partial charge in [-0.05, 0) is 42.0 Å². The van der Waals surface area contributed by atoms with Crippen molar-refractivity contribution in [3.63, 3.8) is 0 Å². The lowest BCUT2D eigenvalue weighted by molar-refractivity contribution is -0.171. The highest BCUT2D eigenvalue weighted by atomic mass is 79.9. The fraction of sp³-hybridized carbons (Fsp3) is 0.278. The van der Waals surface area contributed by atoms with Crippen LogP contribution in [-0.2, 0) is 11.2 Å². The van der Waals surface area contributed by atoms with Crippen LogP contribution in [-0.4, -0.2) is 12.0 Å². The minimum absolute atomic E-state index is 0.447. The van der Waals surface area contributed by atoms with Crippen LogP contribution in [0.25, 0.3) is 0 Å². The molecular weight excluding hydrogens is 369 g/mol. The molecule has 0 fully saturated rings. The van der Waals surface area contributed by atoms with Gasteiger partial charge in [0.2, 0.25) is 5.78 Å². The minimum Gasteiger partial charge on any atom is -0.290 e. The molecule has 0 spiro atoms. The third-order valence-electron chi connectivity index (χ3n) is 3.71. The van der Waals surface area contributed by atoms with Crippen molar-refractivity contribution in [1.29, 1.82) is 0 Å². The molecule has 1 atom stereocenters. The van der Waals surface area contributed by atoms with Crippen LogP contribution >= 0.6 is 15.9 Å². The molecule has 0 aliphatic rings. The molecule has 0 bridgehead atoms. The summed E-state index contributed by atoms with van der Waals surface area (Å²) in [6.45, 7) is 0. The van der Waals surface area contributed by atoms with Gasteiger partial charge in [0.25, 0.3) is 0 Å². The van der Waals surface area contributed by atoms with Gasteiger partial charge in [-0.1, -0.05) is 58.4 Å². The number of carbonyl (C=O) groups is 1. The number of hydrogen-bond acceptors (Lipinski definition) is 1. The Hall–Kier alpha value is -1.62.